The predicted molar refractivity (Wildman–Crippen MR) is 123 cm³/mol. The Bertz CT molecular complexity index is 841. The molecule has 0 unspecified atom stereocenters. The van der Waals surface area contributed by atoms with E-state index in [1.165, 1.54) is 0 Å². The summed E-state index contributed by atoms with van der Waals surface area (Å²) in [5.41, 5.74) is 2.72. The van der Waals surface area contributed by atoms with Crippen LogP contribution in [0.5, 0.6) is 5.75 Å². The molecule has 0 saturated carbocycles. The first-order valence-electron chi connectivity index (χ1n) is 10.6. The number of nitrogens with zero attached hydrogens (tertiary/aromatic N) is 2. The molecule has 0 spiro atoms. The lowest BCUT2D eigenvalue weighted by Crippen LogP contribution is -2.34. The van der Waals surface area contributed by atoms with Gasteiger partial charge in [-0.05, 0) is 48.1 Å². The van der Waals surface area contributed by atoms with Crippen molar-refractivity contribution in [3.63, 3.8) is 0 Å². The second-order valence-electron chi connectivity index (χ2n) is 8.26. The Morgan fingerprint density at radius 3 is 1.78 bits per heavy atom. The van der Waals surface area contributed by atoms with Gasteiger partial charge in [-0.2, -0.15) is 0 Å². The molecule has 0 aliphatic carbocycles. The Balaban J connectivity index is 2.48. The molecule has 1 aromatic carbocycles. The van der Waals surface area contributed by atoms with Crippen LogP contribution in [0.15, 0.2) is 46.8 Å². The fraction of sp³-hybridized carbons (Fsp3) is 0.500. The molecular weight excluding hydrogens is 410 g/mol. The highest BCUT2D eigenvalue weighted by atomic mass is 16.5. The van der Waals surface area contributed by atoms with E-state index in [4.69, 9.17) is 14.2 Å². The minimum absolute atomic E-state index is 0.243. The van der Waals surface area contributed by atoms with Crippen LogP contribution < -0.4 is 10.1 Å². The summed E-state index contributed by atoms with van der Waals surface area (Å²) >= 11 is 0. The van der Waals surface area contributed by atoms with Crippen molar-refractivity contribution in [3.8, 4) is 5.75 Å². The van der Waals surface area contributed by atoms with Crippen molar-refractivity contribution in [2.24, 2.45) is 0 Å². The van der Waals surface area contributed by atoms with Gasteiger partial charge in [0.15, 0.2) is 0 Å². The summed E-state index contributed by atoms with van der Waals surface area (Å²) in [6, 6.07) is 7.37. The minimum Gasteiger partial charge on any atom is -0.496 e. The van der Waals surface area contributed by atoms with Crippen LogP contribution in [0.1, 0.15) is 25.3 Å². The molecule has 0 atom stereocenters. The Hall–Kier alpha value is -2.84. The van der Waals surface area contributed by atoms with E-state index in [1.807, 2.05) is 76.1 Å². The third-order valence-corrected chi connectivity index (χ3v) is 5.19. The predicted octanol–water partition coefficient (Wildman–Crippen LogP) is 2.14. The largest absolute Gasteiger partial charge is 0.496 e. The number of hydrogen-bond donors (Lipinski definition) is 1. The maximum atomic E-state index is 13.2. The summed E-state index contributed by atoms with van der Waals surface area (Å²) in [4.78, 5) is 30.2. The number of dihydropyridines is 1. The van der Waals surface area contributed by atoms with Gasteiger partial charge in [-0.15, -0.1) is 0 Å². The fourth-order valence-electron chi connectivity index (χ4n) is 3.55. The first kappa shape index (κ1) is 25.4. The standard InChI is InChI=1S/C24H35N3O5/c1-16-20(23(28)31-14-12-26(3)4)22(18-10-8-9-11-19(18)30-7)21(17(2)25-16)24(29)32-15-13-27(5)6/h8-11,22,25H,12-15H2,1-7H3. The van der Waals surface area contributed by atoms with E-state index in [1.54, 1.807) is 7.11 Å². The highest BCUT2D eigenvalue weighted by molar-refractivity contribution is 6.00. The van der Waals surface area contributed by atoms with Crippen LogP contribution in [0.25, 0.3) is 0 Å². The van der Waals surface area contributed by atoms with Gasteiger partial charge in [0.05, 0.1) is 24.2 Å². The van der Waals surface area contributed by atoms with Gasteiger partial charge in [-0.1, -0.05) is 18.2 Å². The lowest BCUT2D eigenvalue weighted by Gasteiger charge is -2.31. The van der Waals surface area contributed by atoms with Crippen molar-refractivity contribution in [2.75, 3.05) is 61.6 Å². The summed E-state index contributed by atoms with van der Waals surface area (Å²) in [6.07, 6.45) is 0. The summed E-state index contributed by atoms with van der Waals surface area (Å²) in [5.74, 6) is -1.04. The maximum absolute atomic E-state index is 13.2. The molecule has 0 radical (unpaired) electrons. The van der Waals surface area contributed by atoms with Crippen molar-refractivity contribution < 1.29 is 23.8 Å². The second kappa shape index (κ2) is 11.7. The number of carbonyl (C=O) groups excluding carboxylic acids is 2. The minimum atomic E-state index is -0.675. The monoisotopic (exact) mass is 445 g/mol. The zero-order valence-electron chi connectivity index (χ0n) is 20.2. The van der Waals surface area contributed by atoms with Gasteiger partial charge in [0.2, 0.25) is 0 Å². The Morgan fingerprint density at radius 1 is 0.875 bits per heavy atom. The van der Waals surface area contributed by atoms with Crippen LogP contribution in [0, 0.1) is 0 Å². The number of ether oxygens (including phenoxy) is 3. The van der Waals surface area contributed by atoms with Crippen molar-refractivity contribution in [2.45, 2.75) is 19.8 Å². The van der Waals surface area contributed by atoms with Crippen molar-refractivity contribution in [1.82, 2.24) is 15.1 Å². The number of esters is 2. The number of likely N-dealkylation sites (N-methyl/N-ethyl adjacent to an activating group) is 2. The molecule has 1 aliphatic rings. The number of benzene rings is 1. The maximum Gasteiger partial charge on any atom is 0.336 e. The van der Waals surface area contributed by atoms with Crippen LogP contribution >= 0.6 is 0 Å². The van der Waals surface area contributed by atoms with Gasteiger partial charge in [0.25, 0.3) is 0 Å². The summed E-state index contributed by atoms with van der Waals surface area (Å²) in [5, 5.41) is 3.17. The van der Waals surface area contributed by atoms with Crippen molar-refractivity contribution in [1.29, 1.82) is 0 Å². The average Bonchev–Trinajstić information content (AvgIpc) is 2.72. The fourth-order valence-corrected chi connectivity index (χ4v) is 3.55. The molecule has 0 bridgehead atoms. The van der Waals surface area contributed by atoms with Gasteiger partial charge < -0.3 is 29.3 Å². The highest BCUT2D eigenvalue weighted by Gasteiger charge is 2.39. The van der Waals surface area contributed by atoms with Gasteiger partial charge >= 0.3 is 11.9 Å². The van der Waals surface area contributed by atoms with Crippen LogP contribution in [0.3, 0.4) is 0 Å². The van der Waals surface area contributed by atoms with E-state index >= 15 is 0 Å². The first-order valence-corrected chi connectivity index (χ1v) is 10.6. The van der Waals surface area contributed by atoms with E-state index < -0.39 is 17.9 Å². The molecular formula is C24H35N3O5. The van der Waals surface area contributed by atoms with Crippen LogP contribution in [-0.2, 0) is 19.1 Å². The smallest absolute Gasteiger partial charge is 0.336 e. The third kappa shape index (κ3) is 6.34. The summed E-state index contributed by atoms with van der Waals surface area (Å²) in [7, 11) is 9.20. The lowest BCUT2D eigenvalue weighted by molar-refractivity contribution is -0.140. The summed E-state index contributed by atoms with van der Waals surface area (Å²) < 4.78 is 16.7. The Morgan fingerprint density at radius 2 is 1.34 bits per heavy atom. The molecule has 1 aliphatic heterocycles. The SMILES string of the molecule is COc1ccccc1C1C(C(=O)OCCN(C)C)=C(C)NC(C)=C1C(=O)OCCN(C)C. The molecule has 0 fully saturated rings. The van der Waals surface area contributed by atoms with Crippen LogP contribution in [0.4, 0.5) is 0 Å². The zero-order chi connectivity index (χ0) is 23.8. The van der Waals surface area contributed by atoms with Gasteiger partial charge in [-0.25, -0.2) is 9.59 Å². The molecule has 0 saturated heterocycles. The third-order valence-electron chi connectivity index (χ3n) is 5.19. The van der Waals surface area contributed by atoms with Gasteiger partial charge in [0, 0.05) is 30.0 Å². The van der Waals surface area contributed by atoms with E-state index in [-0.39, 0.29) is 13.2 Å². The van der Waals surface area contributed by atoms with Crippen LogP contribution in [-0.4, -0.2) is 83.3 Å². The molecule has 2 rings (SSSR count). The van der Waals surface area contributed by atoms with E-state index in [0.29, 0.717) is 46.9 Å². The van der Waals surface area contributed by atoms with E-state index in [0.717, 1.165) is 0 Å². The Labute approximate surface area is 190 Å². The molecule has 0 aromatic heterocycles. The number of nitrogens with one attached hydrogen (secondary N) is 1. The highest BCUT2D eigenvalue weighted by Crippen LogP contribution is 2.42. The number of allylic oxidation sites excluding steroid dienone is 2. The normalized spacial score (nSPS) is 14.7. The molecule has 32 heavy (non-hydrogen) atoms. The van der Waals surface area contributed by atoms with E-state index in [9.17, 15) is 9.59 Å². The average molecular weight is 446 g/mol. The molecule has 176 valence electrons. The molecule has 0 amide bonds. The quantitative estimate of drug-likeness (QED) is 0.549. The molecule has 8 nitrogen and oxygen atoms in total. The number of rotatable bonds is 10. The topological polar surface area (TPSA) is 80.3 Å². The molecule has 1 heterocycles. The molecule has 1 N–H and O–H groups in total. The van der Waals surface area contributed by atoms with E-state index in [2.05, 4.69) is 5.32 Å². The number of methoxy groups -OCH3 is 1. The molecule has 8 heteroatoms. The van der Waals surface area contributed by atoms with Crippen molar-refractivity contribution in [3.05, 3.63) is 52.4 Å². The number of hydrogen-bond acceptors (Lipinski definition) is 8. The van der Waals surface area contributed by atoms with Crippen LogP contribution in [0.2, 0.25) is 0 Å². The lowest BCUT2D eigenvalue weighted by atomic mass is 9.80. The second-order valence-corrected chi connectivity index (χ2v) is 8.26. The first-order chi connectivity index (χ1) is 15.2. The summed E-state index contributed by atoms with van der Waals surface area (Å²) in [6.45, 7) is 5.29. The van der Waals surface area contributed by atoms with Crippen molar-refractivity contribution >= 4 is 11.9 Å². The van der Waals surface area contributed by atoms with Gasteiger partial charge in [0.1, 0.15) is 19.0 Å². The van der Waals surface area contributed by atoms with Gasteiger partial charge in [-0.3, -0.25) is 0 Å². The zero-order valence-corrected chi connectivity index (χ0v) is 20.2. The number of carbonyl (C=O) groups is 2. The molecule has 1 aromatic rings. The number of para-hydroxylation sites is 1. The Kier molecular flexibility index (Phi) is 9.28.